The zero-order valence-electron chi connectivity index (χ0n) is 13.6. The fraction of sp³-hybridized carbons (Fsp3) is 0.111. The van der Waals surface area contributed by atoms with E-state index in [0.29, 0.717) is 38.6 Å². The number of para-hydroxylation sites is 1. The minimum Gasteiger partial charge on any atom is -0.494 e. The second-order valence-corrected chi connectivity index (χ2v) is 7.55. The van der Waals surface area contributed by atoms with Crippen molar-refractivity contribution in [3.8, 4) is 23.3 Å². The number of ether oxygens (including phenoxy) is 2. The van der Waals surface area contributed by atoms with Crippen LogP contribution >= 0.6 is 0 Å². The quantitative estimate of drug-likeness (QED) is 0.766. The molecule has 0 saturated heterocycles. The predicted molar refractivity (Wildman–Crippen MR) is 94.6 cm³/mol. The number of benzene rings is 2. The van der Waals surface area contributed by atoms with Crippen LogP contribution in [0.4, 0.5) is 0 Å². The molecule has 0 radical (unpaired) electrons. The van der Waals surface area contributed by atoms with E-state index < -0.39 is 9.73 Å². The van der Waals surface area contributed by atoms with Gasteiger partial charge in [0.25, 0.3) is 0 Å². The van der Waals surface area contributed by atoms with Crippen LogP contribution in [-0.2, 0) is 9.73 Å². The lowest BCUT2D eigenvalue weighted by atomic mass is 10.1. The molecule has 0 amide bonds. The van der Waals surface area contributed by atoms with Gasteiger partial charge in [-0.3, -0.25) is 4.98 Å². The number of pyridine rings is 1. The van der Waals surface area contributed by atoms with Crippen LogP contribution in [-0.4, -0.2) is 22.6 Å². The molecule has 0 aliphatic carbocycles. The van der Waals surface area contributed by atoms with Crippen molar-refractivity contribution < 1.29 is 13.7 Å². The molecule has 1 heterocycles. The smallest absolute Gasteiger partial charge is 0.156 e. The molecule has 126 valence electrons. The Kier molecular flexibility index (Phi) is 4.30. The summed E-state index contributed by atoms with van der Waals surface area (Å²) in [5.41, 5.74) is 0.892. The highest BCUT2D eigenvalue weighted by Crippen LogP contribution is 2.35. The second kappa shape index (κ2) is 6.42. The van der Waals surface area contributed by atoms with Crippen LogP contribution in [0.15, 0.2) is 53.6 Å². The summed E-state index contributed by atoms with van der Waals surface area (Å²) >= 11 is 0. The molecular weight excluding hydrogens is 338 g/mol. The molecule has 2 aromatic carbocycles. The van der Waals surface area contributed by atoms with E-state index in [2.05, 4.69) is 11.1 Å². The number of hydrogen-bond donors (Lipinski definition) is 1. The van der Waals surface area contributed by atoms with Gasteiger partial charge in [-0.05, 0) is 36.4 Å². The third-order valence-corrected chi connectivity index (χ3v) is 4.82. The highest BCUT2D eigenvalue weighted by Gasteiger charge is 2.14. The van der Waals surface area contributed by atoms with Crippen LogP contribution in [0.25, 0.3) is 10.9 Å². The summed E-state index contributed by atoms with van der Waals surface area (Å²) < 4.78 is 30.6. The minimum atomic E-state index is -2.78. The normalized spacial score (nSPS) is 13.0. The molecule has 0 spiro atoms. The third-order valence-electron chi connectivity index (χ3n) is 3.64. The number of aromatic nitrogens is 1. The molecule has 1 aromatic heterocycles. The maximum atomic E-state index is 11.8. The van der Waals surface area contributed by atoms with Gasteiger partial charge >= 0.3 is 0 Å². The molecule has 0 aliphatic heterocycles. The topological polar surface area (TPSA) is 96.1 Å². The average Bonchev–Trinajstić information content (AvgIpc) is 2.61. The van der Waals surface area contributed by atoms with Gasteiger partial charge < -0.3 is 9.47 Å². The average molecular weight is 353 g/mol. The van der Waals surface area contributed by atoms with Crippen molar-refractivity contribution in [2.75, 3.05) is 13.4 Å². The van der Waals surface area contributed by atoms with Crippen molar-refractivity contribution in [3.05, 3.63) is 54.2 Å². The van der Waals surface area contributed by atoms with Crippen molar-refractivity contribution in [1.82, 2.24) is 4.98 Å². The van der Waals surface area contributed by atoms with E-state index in [1.807, 2.05) is 0 Å². The molecule has 0 bridgehead atoms. The van der Waals surface area contributed by atoms with Gasteiger partial charge in [-0.2, -0.15) is 5.26 Å². The second-order valence-electron chi connectivity index (χ2n) is 5.39. The highest BCUT2D eigenvalue weighted by atomic mass is 32.2. The van der Waals surface area contributed by atoms with Gasteiger partial charge in [0.15, 0.2) is 5.75 Å². The molecule has 3 rings (SSSR count). The van der Waals surface area contributed by atoms with Crippen LogP contribution in [0.1, 0.15) is 5.56 Å². The standard InChI is InChI=1S/C18H15N3O3S/c1-23-16-5-3-4-15-17(16)21-11-12(10-19)18(15)24-13-6-8-14(9-7-13)25(2,20)22/h3-9,11,20H,1-2H3. The first kappa shape index (κ1) is 16.7. The molecule has 1 unspecified atom stereocenters. The SMILES string of the molecule is COc1cccc2c(Oc3ccc(S(C)(=N)=O)cc3)c(C#N)cnc12. The Bertz CT molecular complexity index is 1080. The first-order chi connectivity index (χ1) is 11.9. The Morgan fingerprint density at radius 3 is 2.52 bits per heavy atom. The number of hydrogen-bond acceptors (Lipinski definition) is 6. The molecule has 1 atom stereocenters. The summed E-state index contributed by atoms with van der Waals surface area (Å²) in [5.74, 6) is 1.43. The van der Waals surface area contributed by atoms with Crippen LogP contribution in [0.5, 0.6) is 17.2 Å². The van der Waals surface area contributed by atoms with Gasteiger partial charge in [-0.25, -0.2) is 8.99 Å². The van der Waals surface area contributed by atoms with Crippen LogP contribution in [0, 0.1) is 16.1 Å². The third kappa shape index (κ3) is 3.25. The van der Waals surface area contributed by atoms with Gasteiger partial charge in [-0.1, -0.05) is 6.07 Å². The number of nitrogens with zero attached hydrogens (tertiary/aromatic N) is 2. The molecular formula is C18H15N3O3S. The Hall–Kier alpha value is -3.11. The first-order valence-corrected chi connectivity index (χ1v) is 9.28. The largest absolute Gasteiger partial charge is 0.494 e. The molecule has 7 heteroatoms. The summed E-state index contributed by atoms with van der Waals surface area (Å²) in [7, 11) is -1.23. The lowest BCUT2D eigenvalue weighted by molar-refractivity contribution is 0.418. The first-order valence-electron chi connectivity index (χ1n) is 7.31. The number of rotatable bonds is 4. The Labute approximate surface area is 145 Å². The van der Waals surface area contributed by atoms with Gasteiger partial charge in [0.05, 0.1) is 16.8 Å². The minimum absolute atomic E-state index is 0.296. The van der Waals surface area contributed by atoms with E-state index >= 15 is 0 Å². The zero-order valence-corrected chi connectivity index (χ0v) is 14.5. The number of methoxy groups -OCH3 is 1. The monoisotopic (exact) mass is 353 g/mol. The van der Waals surface area contributed by atoms with Crippen molar-refractivity contribution in [2.45, 2.75) is 4.90 Å². The highest BCUT2D eigenvalue weighted by molar-refractivity contribution is 7.91. The van der Waals surface area contributed by atoms with E-state index in [4.69, 9.17) is 14.3 Å². The lowest BCUT2D eigenvalue weighted by Crippen LogP contribution is -1.96. The molecule has 25 heavy (non-hydrogen) atoms. The lowest BCUT2D eigenvalue weighted by Gasteiger charge is -2.12. The summed E-state index contributed by atoms with van der Waals surface area (Å²) in [6, 6.07) is 13.9. The molecule has 3 aromatic rings. The van der Waals surface area contributed by atoms with Crippen LogP contribution < -0.4 is 9.47 Å². The summed E-state index contributed by atoms with van der Waals surface area (Å²) in [6.07, 6.45) is 2.80. The van der Waals surface area contributed by atoms with Gasteiger partial charge in [0.1, 0.15) is 28.6 Å². The zero-order chi connectivity index (χ0) is 18.0. The van der Waals surface area contributed by atoms with E-state index in [1.165, 1.54) is 12.5 Å². The summed E-state index contributed by atoms with van der Waals surface area (Å²) in [4.78, 5) is 4.70. The summed E-state index contributed by atoms with van der Waals surface area (Å²) in [5, 5.41) is 10.0. The fourth-order valence-corrected chi connectivity index (χ4v) is 3.07. The molecule has 0 aliphatic rings. The predicted octanol–water partition coefficient (Wildman–Crippen LogP) is 3.94. The Balaban J connectivity index is 2.10. The van der Waals surface area contributed by atoms with Crippen LogP contribution in [0.3, 0.4) is 0 Å². The Morgan fingerprint density at radius 2 is 1.92 bits per heavy atom. The number of nitrogens with one attached hydrogen (secondary N) is 1. The van der Waals surface area contributed by atoms with E-state index in [9.17, 15) is 9.47 Å². The molecule has 1 N–H and O–H groups in total. The van der Waals surface area contributed by atoms with Gasteiger partial charge in [-0.15, -0.1) is 0 Å². The van der Waals surface area contributed by atoms with E-state index in [0.717, 1.165) is 0 Å². The molecule has 0 fully saturated rings. The molecule has 6 nitrogen and oxygen atoms in total. The maximum absolute atomic E-state index is 11.8. The fourth-order valence-electron chi connectivity index (χ4n) is 2.41. The van der Waals surface area contributed by atoms with E-state index in [1.54, 1.807) is 49.6 Å². The van der Waals surface area contributed by atoms with Gasteiger partial charge in [0.2, 0.25) is 0 Å². The number of fused-ring (bicyclic) bond motifs is 1. The maximum Gasteiger partial charge on any atom is 0.156 e. The summed E-state index contributed by atoms with van der Waals surface area (Å²) in [6.45, 7) is 0. The number of nitriles is 1. The van der Waals surface area contributed by atoms with Crippen molar-refractivity contribution in [1.29, 1.82) is 10.0 Å². The van der Waals surface area contributed by atoms with Gasteiger partial charge in [0, 0.05) is 22.7 Å². The molecule has 0 saturated carbocycles. The van der Waals surface area contributed by atoms with Crippen molar-refractivity contribution in [2.24, 2.45) is 0 Å². The Morgan fingerprint density at radius 1 is 1.20 bits per heavy atom. The van der Waals surface area contributed by atoms with E-state index in [-0.39, 0.29) is 0 Å². The van der Waals surface area contributed by atoms with Crippen molar-refractivity contribution >= 4 is 20.6 Å². The van der Waals surface area contributed by atoms with Crippen LogP contribution in [0.2, 0.25) is 0 Å². The van der Waals surface area contributed by atoms with Crippen molar-refractivity contribution in [3.63, 3.8) is 0 Å².